The van der Waals surface area contributed by atoms with E-state index in [1.165, 1.54) is 11.9 Å². The van der Waals surface area contributed by atoms with Crippen LogP contribution in [0, 0.1) is 0 Å². The molecule has 1 heterocycles. The lowest BCUT2D eigenvalue weighted by Crippen LogP contribution is -2.29. The van der Waals surface area contributed by atoms with Crippen molar-refractivity contribution in [1.82, 2.24) is 25.5 Å². The Morgan fingerprint density at radius 2 is 1.74 bits per heavy atom. The number of aromatic nitrogens is 4. The molecule has 3 rings (SSSR count). The van der Waals surface area contributed by atoms with Gasteiger partial charge in [0.1, 0.15) is 6.33 Å². The topological polar surface area (TPSA) is 92.9 Å². The number of carbonyl (C=O) groups excluding carboxylic acids is 1. The summed E-state index contributed by atoms with van der Waals surface area (Å²) in [5.74, 6) is 0.311. The molecule has 7 heteroatoms. The minimum atomic E-state index is -0.725. The largest absolute Gasteiger partial charge is 0.387 e. The van der Waals surface area contributed by atoms with Crippen LogP contribution in [0.3, 0.4) is 0 Å². The van der Waals surface area contributed by atoms with Crippen molar-refractivity contribution in [3.63, 3.8) is 0 Å². The molecule has 1 unspecified atom stereocenters. The number of carbonyl (C=O) groups is 1. The summed E-state index contributed by atoms with van der Waals surface area (Å²) in [6.45, 7) is 4.44. The molecule has 0 radical (unpaired) electrons. The molecule has 0 saturated carbocycles. The molecule has 0 fully saturated rings. The smallest absolute Gasteiger partial charge is 0.224 e. The summed E-state index contributed by atoms with van der Waals surface area (Å²) < 4.78 is 1.55. The molecule has 1 aromatic heterocycles. The average Bonchev–Trinajstić information content (AvgIpc) is 3.21. The van der Waals surface area contributed by atoms with Crippen molar-refractivity contribution in [2.45, 2.75) is 32.3 Å². The van der Waals surface area contributed by atoms with E-state index in [9.17, 15) is 9.90 Å². The van der Waals surface area contributed by atoms with Crippen LogP contribution in [-0.4, -0.2) is 37.8 Å². The Labute approximate surface area is 158 Å². The van der Waals surface area contributed by atoms with Crippen LogP contribution in [0.1, 0.15) is 42.6 Å². The maximum Gasteiger partial charge on any atom is 0.224 e. The monoisotopic (exact) mass is 365 g/mol. The first-order chi connectivity index (χ1) is 13.0. The van der Waals surface area contributed by atoms with Crippen LogP contribution in [-0.2, 0) is 11.2 Å². The molecule has 1 atom stereocenters. The van der Waals surface area contributed by atoms with Crippen molar-refractivity contribution in [3.05, 3.63) is 71.5 Å². The minimum absolute atomic E-state index is 0.136. The van der Waals surface area contributed by atoms with Gasteiger partial charge in [0.15, 0.2) is 0 Å². The lowest BCUT2D eigenvalue weighted by molar-refractivity contribution is -0.120. The van der Waals surface area contributed by atoms with E-state index >= 15 is 0 Å². The van der Waals surface area contributed by atoms with Gasteiger partial charge in [0.05, 0.1) is 18.2 Å². The van der Waals surface area contributed by atoms with Gasteiger partial charge in [0.25, 0.3) is 0 Å². The van der Waals surface area contributed by atoms with Gasteiger partial charge in [-0.15, -0.1) is 5.10 Å². The van der Waals surface area contributed by atoms with E-state index < -0.39 is 6.10 Å². The predicted octanol–water partition coefficient (Wildman–Crippen LogP) is 2.18. The van der Waals surface area contributed by atoms with Gasteiger partial charge in [-0.05, 0) is 45.2 Å². The molecule has 0 saturated heterocycles. The zero-order valence-electron chi connectivity index (χ0n) is 15.4. The fourth-order valence-corrected chi connectivity index (χ4v) is 2.73. The number of amides is 1. The summed E-state index contributed by atoms with van der Waals surface area (Å²) in [5, 5.41) is 24.1. The predicted molar refractivity (Wildman–Crippen MR) is 101 cm³/mol. The molecule has 27 heavy (non-hydrogen) atoms. The number of hydrogen-bond acceptors (Lipinski definition) is 5. The average molecular weight is 365 g/mol. The first-order valence-electron chi connectivity index (χ1n) is 8.90. The number of aliphatic hydroxyl groups is 1. The Hall–Kier alpha value is -3.06. The van der Waals surface area contributed by atoms with Crippen LogP contribution in [0.4, 0.5) is 0 Å². The molecule has 0 aliphatic rings. The molecule has 1 amide bonds. The van der Waals surface area contributed by atoms with Crippen LogP contribution < -0.4 is 5.32 Å². The Bertz CT molecular complexity index is 858. The molecule has 0 aliphatic heterocycles. The molecule has 2 N–H and O–H groups in total. The number of hydrogen-bond donors (Lipinski definition) is 2. The number of tetrazole rings is 1. The molecule has 3 aromatic rings. The summed E-state index contributed by atoms with van der Waals surface area (Å²) in [6, 6.07) is 15.3. The van der Waals surface area contributed by atoms with Crippen LogP contribution in [0.25, 0.3) is 5.69 Å². The van der Waals surface area contributed by atoms with E-state index in [0.717, 1.165) is 16.8 Å². The van der Waals surface area contributed by atoms with Gasteiger partial charge < -0.3 is 10.4 Å². The third kappa shape index (κ3) is 4.98. The van der Waals surface area contributed by atoms with Crippen molar-refractivity contribution >= 4 is 5.91 Å². The van der Waals surface area contributed by atoms with Crippen LogP contribution in [0.2, 0.25) is 0 Å². The van der Waals surface area contributed by atoms with Crippen molar-refractivity contribution in [1.29, 1.82) is 0 Å². The zero-order valence-corrected chi connectivity index (χ0v) is 15.4. The summed E-state index contributed by atoms with van der Waals surface area (Å²) in [7, 11) is 0. The highest BCUT2D eigenvalue weighted by atomic mass is 16.3. The summed E-state index contributed by atoms with van der Waals surface area (Å²) >= 11 is 0. The summed E-state index contributed by atoms with van der Waals surface area (Å²) in [5.41, 5.74) is 3.72. The molecule has 2 aromatic carbocycles. The van der Waals surface area contributed by atoms with Crippen molar-refractivity contribution in [2.75, 3.05) is 6.54 Å². The maximum atomic E-state index is 12.1. The van der Waals surface area contributed by atoms with Crippen LogP contribution in [0.15, 0.2) is 54.9 Å². The highest BCUT2D eigenvalue weighted by Gasteiger charge is 2.11. The highest BCUT2D eigenvalue weighted by Crippen LogP contribution is 2.18. The highest BCUT2D eigenvalue weighted by molar-refractivity contribution is 5.78. The second-order valence-corrected chi connectivity index (χ2v) is 6.74. The maximum absolute atomic E-state index is 12.1. The number of nitrogens with one attached hydrogen (secondary N) is 1. The number of rotatable bonds is 7. The Morgan fingerprint density at radius 3 is 2.33 bits per heavy atom. The van der Waals surface area contributed by atoms with E-state index in [1.54, 1.807) is 4.68 Å². The third-order valence-electron chi connectivity index (χ3n) is 4.40. The second kappa shape index (κ2) is 8.55. The third-order valence-corrected chi connectivity index (χ3v) is 4.40. The first-order valence-corrected chi connectivity index (χ1v) is 8.90. The van der Waals surface area contributed by atoms with Gasteiger partial charge in [0, 0.05) is 6.54 Å². The summed E-state index contributed by atoms with van der Waals surface area (Å²) in [6.07, 6.45) is 1.03. The van der Waals surface area contributed by atoms with Gasteiger partial charge in [-0.3, -0.25) is 4.79 Å². The lowest BCUT2D eigenvalue weighted by atomic mass is 10.00. The molecule has 0 spiro atoms. The standard InChI is InChI=1S/C20H23N5O2/c1-14(2)16-5-7-17(8-6-16)19(26)12-21-20(27)11-15-3-9-18(10-4-15)25-13-22-23-24-25/h3-10,13-14,19,26H,11-12H2,1-2H3,(H,21,27). The van der Waals surface area contributed by atoms with Gasteiger partial charge in [-0.25, -0.2) is 4.68 Å². The van der Waals surface area contributed by atoms with E-state index in [0.29, 0.717) is 5.92 Å². The van der Waals surface area contributed by atoms with Crippen molar-refractivity contribution < 1.29 is 9.90 Å². The molecule has 0 bridgehead atoms. The SMILES string of the molecule is CC(C)c1ccc(C(O)CNC(=O)Cc2ccc(-n3cnnn3)cc2)cc1. The number of aliphatic hydroxyl groups excluding tert-OH is 1. The van der Waals surface area contributed by atoms with Crippen LogP contribution in [0.5, 0.6) is 0 Å². The zero-order chi connectivity index (χ0) is 19.2. The van der Waals surface area contributed by atoms with Gasteiger partial charge in [0.2, 0.25) is 5.91 Å². The van der Waals surface area contributed by atoms with E-state index in [1.807, 2.05) is 48.5 Å². The van der Waals surface area contributed by atoms with Crippen LogP contribution >= 0.6 is 0 Å². The first kappa shape index (κ1) is 18.7. The number of nitrogens with zero attached hydrogens (tertiary/aromatic N) is 4. The molecule has 7 nitrogen and oxygen atoms in total. The lowest BCUT2D eigenvalue weighted by Gasteiger charge is -2.14. The second-order valence-electron chi connectivity index (χ2n) is 6.74. The van der Waals surface area contributed by atoms with E-state index in [2.05, 4.69) is 34.7 Å². The molecule has 140 valence electrons. The van der Waals surface area contributed by atoms with Gasteiger partial charge in [-0.1, -0.05) is 50.2 Å². The summed E-state index contributed by atoms with van der Waals surface area (Å²) in [4.78, 5) is 12.1. The quantitative estimate of drug-likeness (QED) is 0.669. The Morgan fingerprint density at radius 1 is 1.07 bits per heavy atom. The normalized spacial score (nSPS) is 12.1. The Balaban J connectivity index is 1.50. The van der Waals surface area contributed by atoms with E-state index in [-0.39, 0.29) is 18.9 Å². The van der Waals surface area contributed by atoms with Gasteiger partial charge >= 0.3 is 0 Å². The van der Waals surface area contributed by atoms with Gasteiger partial charge in [-0.2, -0.15) is 0 Å². The number of benzene rings is 2. The van der Waals surface area contributed by atoms with Crippen molar-refractivity contribution in [2.24, 2.45) is 0 Å². The molecular formula is C20H23N5O2. The minimum Gasteiger partial charge on any atom is -0.387 e. The molecule has 0 aliphatic carbocycles. The molecular weight excluding hydrogens is 342 g/mol. The fraction of sp³-hybridized carbons (Fsp3) is 0.300. The Kier molecular flexibility index (Phi) is 5.93. The van der Waals surface area contributed by atoms with Crippen molar-refractivity contribution in [3.8, 4) is 5.69 Å². The fourth-order valence-electron chi connectivity index (χ4n) is 2.73. The van der Waals surface area contributed by atoms with E-state index in [4.69, 9.17) is 0 Å².